The van der Waals surface area contributed by atoms with Crippen LogP contribution in [0.4, 0.5) is 8.78 Å². The molecule has 15 heavy (non-hydrogen) atoms. The van der Waals surface area contributed by atoms with Crippen molar-refractivity contribution in [3.63, 3.8) is 0 Å². The molecule has 0 aromatic rings. The van der Waals surface area contributed by atoms with Crippen LogP contribution in [0.3, 0.4) is 0 Å². The molecular formula is C9H18F2N2O2. The lowest BCUT2D eigenvalue weighted by Gasteiger charge is -2.11. The zero-order valence-electron chi connectivity index (χ0n) is 8.96. The molecule has 90 valence electrons. The Labute approximate surface area is 88.0 Å². The number of hydrogen-bond acceptors (Lipinski definition) is 3. The molecule has 4 nitrogen and oxygen atoms in total. The molecule has 0 bridgehead atoms. The van der Waals surface area contributed by atoms with E-state index in [-0.39, 0.29) is 19.0 Å². The normalized spacial score (nSPS) is 13.3. The summed E-state index contributed by atoms with van der Waals surface area (Å²) in [5, 5.41) is 13.8. The van der Waals surface area contributed by atoms with Crippen LogP contribution in [0.25, 0.3) is 0 Å². The van der Waals surface area contributed by atoms with Gasteiger partial charge >= 0.3 is 0 Å². The van der Waals surface area contributed by atoms with Crippen LogP contribution in [0.2, 0.25) is 0 Å². The van der Waals surface area contributed by atoms with E-state index in [0.717, 1.165) is 0 Å². The van der Waals surface area contributed by atoms with Gasteiger partial charge < -0.3 is 15.7 Å². The molecule has 0 saturated heterocycles. The summed E-state index contributed by atoms with van der Waals surface area (Å²) in [4.78, 5) is 11.1. The van der Waals surface area contributed by atoms with Crippen molar-refractivity contribution in [2.75, 3.05) is 19.6 Å². The van der Waals surface area contributed by atoms with Gasteiger partial charge in [0.1, 0.15) is 6.10 Å². The molecule has 0 saturated carbocycles. The Morgan fingerprint density at radius 1 is 1.33 bits per heavy atom. The van der Waals surface area contributed by atoms with Gasteiger partial charge in [0.25, 0.3) is 6.43 Å². The van der Waals surface area contributed by atoms with Crippen LogP contribution in [0.1, 0.15) is 13.8 Å². The fraction of sp³-hybridized carbons (Fsp3) is 0.889. The van der Waals surface area contributed by atoms with Crippen LogP contribution in [-0.4, -0.2) is 43.2 Å². The molecule has 1 unspecified atom stereocenters. The van der Waals surface area contributed by atoms with E-state index >= 15 is 0 Å². The van der Waals surface area contributed by atoms with Crippen LogP contribution in [0.15, 0.2) is 0 Å². The number of aliphatic hydroxyl groups is 1. The first-order valence-corrected chi connectivity index (χ1v) is 4.87. The average molecular weight is 224 g/mol. The van der Waals surface area contributed by atoms with Gasteiger partial charge in [0, 0.05) is 13.1 Å². The minimum Gasteiger partial charge on any atom is -0.386 e. The van der Waals surface area contributed by atoms with E-state index in [9.17, 15) is 13.6 Å². The molecule has 0 rings (SSSR count). The molecule has 1 atom stereocenters. The summed E-state index contributed by atoms with van der Waals surface area (Å²) in [6.45, 7) is 4.11. The van der Waals surface area contributed by atoms with E-state index < -0.39 is 12.5 Å². The molecule has 0 aromatic heterocycles. The molecule has 0 heterocycles. The fourth-order valence-corrected chi connectivity index (χ4v) is 0.803. The lowest BCUT2D eigenvalue weighted by atomic mass is 10.2. The maximum Gasteiger partial charge on any atom is 0.265 e. The van der Waals surface area contributed by atoms with E-state index in [1.807, 2.05) is 13.8 Å². The summed E-state index contributed by atoms with van der Waals surface area (Å²) < 4.78 is 23.6. The number of rotatable bonds is 7. The van der Waals surface area contributed by atoms with Crippen molar-refractivity contribution >= 4 is 5.91 Å². The predicted molar refractivity (Wildman–Crippen MR) is 52.7 cm³/mol. The summed E-state index contributed by atoms with van der Waals surface area (Å²) in [6, 6.07) is 0. The maximum atomic E-state index is 11.8. The largest absolute Gasteiger partial charge is 0.386 e. The average Bonchev–Trinajstić information content (AvgIpc) is 2.14. The van der Waals surface area contributed by atoms with Gasteiger partial charge in [0.2, 0.25) is 5.91 Å². The number of nitrogens with one attached hydrogen (secondary N) is 2. The van der Waals surface area contributed by atoms with Gasteiger partial charge in [-0.2, -0.15) is 0 Å². The first kappa shape index (κ1) is 14.2. The molecule has 0 aliphatic carbocycles. The monoisotopic (exact) mass is 224 g/mol. The Kier molecular flexibility index (Phi) is 7.15. The zero-order chi connectivity index (χ0) is 11.8. The van der Waals surface area contributed by atoms with Gasteiger partial charge in [-0.25, -0.2) is 8.78 Å². The summed E-state index contributed by atoms with van der Waals surface area (Å²) in [7, 11) is 0. The van der Waals surface area contributed by atoms with E-state index in [0.29, 0.717) is 12.5 Å². The van der Waals surface area contributed by atoms with E-state index in [1.54, 1.807) is 0 Å². The van der Waals surface area contributed by atoms with Crippen molar-refractivity contribution in [2.24, 2.45) is 5.92 Å². The third-order valence-corrected chi connectivity index (χ3v) is 1.64. The van der Waals surface area contributed by atoms with E-state index in [4.69, 9.17) is 5.11 Å². The van der Waals surface area contributed by atoms with Crippen molar-refractivity contribution in [1.29, 1.82) is 0 Å². The van der Waals surface area contributed by atoms with Crippen molar-refractivity contribution in [3.05, 3.63) is 0 Å². The van der Waals surface area contributed by atoms with Crippen LogP contribution >= 0.6 is 0 Å². The summed E-state index contributed by atoms with van der Waals surface area (Å²) in [5.74, 6) is 0.0887. The maximum absolute atomic E-state index is 11.8. The minimum absolute atomic E-state index is 0.0590. The number of halogens is 2. The highest BCUT2D eigenvalue weighted by molar-refractivity contribution is 5.77. The second kappa shape index (κ2) is 7.53. The third kappa shape index (κ3) is 8.26. The number of hydrogen-bond donors (Lipinski definition) is 3. The molecule has 6 heteroatoms. The SMILES string of the molecule is CC(C)CNC(=O)CNCC(O)C(F)F. The Bertz CT molecular complexity index is 189. The smallest absolute Gasteiger partial charge is 0.265 e. The van der Waals surface area contributed by atoms with Crippen molar-refractivity contribution < 1.29 is 18.7 Å². The highest BCUT2D eigenvalue weighted by Gasteiger charge is 2.16. The van der Waals surface area contributed by atoms with Crippen LogP contribution in [-0.2, 0) is 4.79 Å². The lowest BCUT2D eigenvalue weighted by Crippen LogP contribution is -2.40. The van der Waals surface area contributed by atoms with Gasteiger partial charge in [-0.3, -0.25) is 4.79 Å². The zero-order valence-corrected chi connectivity index (χ0v) is 8.96. The molecule has 0 aliphatic rings. The van der Waals surface area contributed by atoms with E-state index in [1.165, 1.54) is 0 Å². The van der Waals surface area contributed by atoms with Gasteiger partial charge in [-0.15, -0.1) is 0 Å². The molecule has 0 aromatic carbocycles. The Hall–Kier alpha value is -0.750. The van der Waals surface area contributed by atoms with Crippen LogP contribution < -0.4 is 10.6 Å². The second-order valence-corrected chi connectivity index (χ2v) is 3.73. The van der Waals surface area contributed by atoms with Crippen molar-refractivity contribution in [1.82, 2.24) is 10.6 Å². The number of alkyl halides is 2. The van der Waals surface area contributed by atoms with Crippen LogP contribution in [0, 0.1) is 5.92 Å². The molecule has 0 aliphatic heterocycles. The summed E-state index contributed by atoms with van der Waals surface area (Å²) in [5.41, 5.74) is 0. The van der Waals surface area contributed by atoms with Gasteiger partial charge in [-0.05, 0) is 5.92 Å². The highest BCUT2D eigenvalue weighted by atomic mass is 19.3. The summed E-state index contributed by atoms with van der Waals surface area (Å²) >= 11 is 0. The van der Waals surface area contributed by atoms with E-state index in [2.05, 4.69) is 10.6 Å². The lowest BCUT2D eigenvalue weighted by molar-refractivity contribution is -0.120. The van der Waals surface area contributed by atoms with Crippen molar-refractivity contribution in [3.8, 4) is 0 Å². The number of amides is 1. The molecular weight excluding hydrogens is 206 g/mol. The number of aliphatic hydroxyl groups excluding tert-OH is 1. The van der Waals surface area contributed by atoms with Gasteiger partial charge in [0.15, 0.2) is 0 Å². The second-order valence-electron chi connectivity index (χ2n) is 3.73. The van der Waals surface area contributed by atoms with Gasteiger partial charge in [-0.1, -0.05) is 13.8 Å². The molecule has 3 N–H and O–H groups in total. The topological polar surface area (TPSA) is 61.4 Å². The standard InChI is InChI=1S/C9H18F2N2O2/c1-6(2)3-13-8(15)5-12-4-7(14)9(10)11/h6-7,9,12,14H,3-5H2,1-2H3,(H,13,15). The first-order chi connectivity index (χ1) is 6.93. The minimum atomic E-state index is -2.78. The highest BCUT2D eigenvalue weighted by Crippen LogP contribution is 1.97. The number of carbonyl (C=O) groups is 1. The third-order valence-electron chi connectivity index (χ3n) is 1.64. The van der Waals surface area contributed by atoms with Crippen molar-refractivity contribution in [2.45, 2.75) is 26.4 Å². The molecule has 0 fully saturated rings. The molecule has 0 radical (unpaired) electrons. The Morgan fingerprint density at radius 2 is 1.93 bits per heavy atom. The molecule has 1 amide bonds. The molecule has 0 spiro atoms. The first-order valence-electron chi connectivity index (χ1n) is 4.87. The van der Waals surface area contributed by atoms with Gasteiger partial charge in [0.05, 0.1) is 6.54 Å². The summed E-state index contributed by atoms with van der Waals surface area (Å²) in [6.07, 6.45) is -4.50. The number of carbonyl (C=O) groups excluding carboxylic acids is 1. The van der Waals surface area contributed by atoms with Crippen LogP contribution in [0.5, 0.6) is 0 Å². The fourth-order valence-electron chi connectivity index (χ4n) is 0.803. The quantitative estimate of drug-likeness (QED) is 0.569. The Morgan fingerprint density at radius 3 is 2.40 bits per heavy atom. The predicted octanol–water partition coefficient (Wildman–Crippen LogP) is -0.0258. The Balaban J connectivity index is 3.47.